The molecule has 92 valence electrons. The maximum Gasteiger partial charge on any atom is 0.243 e. The van der Waals surface area contributed by atoms with Crippen LogP contribution >= 0.6 is 0 Å². The van der Waals surface area contributed by atoms with E-state index < -0.39 is 5.54 Å². The van der Waals surface area contributed by atoms with E-state index in [1.54, 1.807) is 7.11 Å². The molecule has 0 aromatic heterocycles. The molecule has 1 aromatic rings. The molecule has 0 saturated heterocycles. The monoisotopic (exact) mass is 234 g/mol. The first-order valence-corrected chi connectivity index (χ1v) is 5.78. The largest absolute Gasteiger partial charge is 0.497 e. The molecule has 1 aromatic carbocycles. The van der Waals surface area contributed by atoms with Crippen LogP contribution in [0.25, 0.3) is 0 Å². The van der Waals surface area contributed by atoms with E-state index in [4.69, 9.17) is 10.5 Å². The number of hydrogen-bond donors (Lipinski definition) is 2. The van der Waals surface area contributed by atoms with Crippen LogP contribution in [-0.2, 0) is 4.79 Å². The highest BCUT2D eigenvalue weighted by Crippen LogP contribution is 2.40. The predicted octanol–water partition coefficient (Wildman–Crippen LogP) is 1.76. The standard InChI is InChI=1S/C13H18N2O2/c1-9-7-13(8-9,12(14)16)15-10-4-3-5-11(6-10)17-2/h3-6,9,15H,7-8H2,1-2H3,(H2,14,16). The third-order valence-electron chi connectivity index (χ3n) is 3.32. The van der Waals surface area contributed by atoms with Crippen molar-refractivity contribution in [1.29, 1.82) is 0 Å². The maximum absolute atomic E-state index is 11.5. The van der Waals surface area contributed by atoms with Crippen LogP contribution in [-0.4, -0.2) is 18.6 Å². The summed E-state index contributed by atoms with van der Waals surface area (Å²) in [6.07, 6.45) is 1.58. The Hall–Kier alpha value is -1.71. The fraction of sp³-hybridized carbons (Fsp3) is 0.462. The van der Waals surface area contributed by atoms with Crippen LogP contribution in [0, 0.1) is 5.92 Å². The molecule has 17 heavy (non-hydrogen) atoms. The van der Waals surface area contributed by atoms with Crippen LogP contribution in [0.3, 0.4) is 0 Å². The number of methoxy groups -OCH3 is 1. The van der Waals surface area contributed by atoms with E-state index in [9.17, 15) is 4.79 Å². The number of hydrogen-bond acceptors (Lipinski definition) is 3. The number of nitrogens with two attached hydrogens (primary N) is 1. The lowest BCUT2D eigenvalue weighted by molar-refractivity contribution is -0.126. The van der Waals surface area contributed by atoms with Gasteiger partial charge in [0.1, 0.15) is 11.3 Å². The van der Waals surface area contributed by atoms with Gasteiger partial charge in [-0.3, -0.25) is 4.79 Å². The number of carbonyl (C=O) groups excluding carboxylic acids is 1. The van der Waals surface area contributed by atoms with Crippen LogP contribution in [0.5, 0.6) is 5.75 Å². The number of carbonyl (C=O) groups is 1. The Labute approximate surface area is 101 Å². The van der Waals surface area contributed by atoms with Gasteiger partial charge in [-0.1, -0.05) is 13.0 Å². The van der Waals surface area contributed by atoms with E-state index in [1.807, 2.05) is 24.3 Å². The summed E-state index contributed by atoms with van der Waals surface area (Å²) in [6.45, 7) is 2.12. The molecule has 1 aliphatic rings. The molecule has 4 heteroatoms. The van der Waals surface area contributed by atoms with Gasteiger partial charge in [0.05, 0.1) is 7.11 Å². The molecule has 0 heterocycles. The number of anilines is 1. The van der Waals surface area contributed by atoms with Crippen molar-refractivity contribution in [3.05, 3.63) is 24.3 Å². The second-order valence-electron chi connectivity index (χ2n) is 4.82. The molecule has 0 radical (unpaired) electrons. The molecule has 0 aliphatic heterocycles. The summed E-state index contributed by atoms with van der Waals surface area (Å²) in [5.74, 6) is 1.03. The minimum atomic E-state index is -0.578. The Bertz CT molecular complexity index is 425. The van der Waals surface area contributed by atoms with Gasteiger partial charge in [-0.15, -0.1) is 0 Å². The van der Waals surface area contributed by atoms with Gasteiger partial charge in [0.25, 0.3) is 0 Å². The Balaban J connectivity index is 2.16. The predicted molar refractivity (Wildman–Crippen MR) is 66.9 cm³/mol. The first-order valence-electron chi connectivity index (χ1n) is 5.78. The topological polar surface area (TPSA) is 64.3 Å². The first kappa shape index (κ1) is 11.8. The summed E-state index contributed by atoms with van der Waals surface area (Å²) >= 11 is 0. The highest BCUT2D eigenvalue weighted by Gasteiger charge is 2.47. The lowest BCUT2D eigenvalue weighted by Gasteiger charge is -2.45. The van der Waals surface area contributed by atoms with Crippen LogP contribution in [0.15, 0.2) is 24.3 Å². The van der Waals surface area contributed by atoms with Crippen molar-refractivity contribution in [2.45, 2.75) is 25.3 Å². The third-order valence-corrected chi connectivity index (χ3v) is 3.32. The van der Waals surface area contributed by atoms with Crippen LogP contribution in [0.4, 0.5) is 5.69 Å². The molecule has 1 fully saturated rings. The Kier molecular flexibility index (Phi) is 2.96. The average molecular weight is 234 g/mol. The molecule has 0 atom stereocenters. The molecule has 1 aliphatic carbocycles. The number of ether oxygens (including phenoxy) is 1. The SMILES string of the molecule is COc1cccc(NC2(C(N)=O)CC(C)C2)c1. The van der Waals surface area contributed by atoms with Gasteiger partial charge >= 0.3 is 0 Å². The molecule has 1 amide bonds. The van der Waals surface area contributed by atoms with Crippen molar-refractivity contribution in [3.63, 3.8) is 0 Å². The van der Waals surface area contributed by atoms with E-state index in [0.717, 1.165) is 24.3 Å². The zero-order valence-corrected chi connectivity index (χ0v) is 10.2. The van der Waals surface area contributed by atoms with Crippen molar-refractivity contribution >= 4 is 11.6 Å². The van der Waals surface area contributed by atoms with E-state index >= 15 is 0 Å². The highest BCUT2D eigenvalue weighted by atomic mass is 16.5. The van der Waals surface area contributed by atoms with Gasteiger partial charge in [0, 0.05) is 11.8 Å². The van der Waals surface area contributed by atoms with Gasteiger partial charge in [-0.25, -0.2) is 0 Å². The fourth-order valence-corrected chi connectivity index (χ4v) is 2.47. The van der Waals surface area contributed by atoms with Crippen LogP contribution in [0.2, 0.25) is 0 Å². The van der Waals surface area contributed by atoms with Crippen molar-refractivity contribution in [1.82, 2.24) is 0 Å². The van der Waals surface area contributed by atoms with E-state index in [-0.39, 0.29) is 5.91 Å². The molecule has 0 unspecified atom stereocenters. The normalized spacial score (nSPS) is 27.1. The smallest absolute Gasteiger partial charge is 0.243 e. The van der Waals surface area contributed by atoms with Gasteiger partial charge < -0.3 is 15.8 Å². The van der Waals surface area contributed by atoms with Gasteiger partial charge in [0.2, 0.25) is 5.91 Å². The molecular formula is C13H18N2O2. The summed E-state index contributed by atoms with van der Waals surface area (Å²) in [6, 6.07) is 7.54. The molecular weight excluding hydrogens is 216 g/mol. The molecule has 3 N–H and O–H groups in total. The lowest BCUT2D eigenvalue weighted by Crippen LogP contribution is -2.58. The second-order valence-corrected chi connectivity index (χ2v) is 4.82. The highest BCUT2D eigenvalue weighted by molar-refractivity contribution is 5.89. The van der Waals surface area contributed by atoms with Crippen LogP contribution in [0.1, 0.15) is 19.8 Å². The van der Waals surface area contributed by atoms with Gasteiger partial charge in [0.15, 0.2) is 0 Å². The van der Waals surface area contributed by atoms with Crippen LogP contribution < -0.4 is 15.8 Å². The zero-order chi connectivity index (χ0) is 12.5. The van der Waals surface area contributed by atoms with E-state index in [0.29, 0.717) is 5.92 Å². The minimum Gasteiger partial charge on any atom is -0.497 e. The lowest BCUT2D eigenvalue weighted by atomic mass is 9.68. The Morgan fingerprint density at radius 3 is 2.76 bits per heavy atom. The van der Waals surface area contributed by atoms with Gasteiger partial charge in [-0.2, -0.15) is 0 Å². The number of amides is 1. The quantitative estimate of drug-likeness (QED) is 0.834. The number of primary amides is 1. The minimum absolute atomic E-state index is 0.279. The summed E-state index contributed by atoms with van der Waals surface area (Å²) < 4.78 is 5.15. The average Bonchev–Trinajstić information content (AvgIpc) is 2.26. The van der Waals surface area contributed by atoms with Crippen molar-refractivity contribution < 1.29 is 9.53 Å². The van der Waals surface area contributed by atoms with E-state index in [2.05, 4.69) is 12.2 Å². The molecule has 4 nitrogen and oxygen atoms in total. The maximum atomic E-state index is 11.5. The number of benzene rings is 1. The Morgan fingerprint density at radius 2 is 2.24 bits per heavy atom. The summed E-state index contributed by atoms with van der Waals surface area (Å²) in [4.78, 5) is 11.5. The first-order chi connectivity index (χ1) is 8.05. The third kappa shape index (κ3) is 2.20. The molecule has 1 saturated carbocycles. The number of nitrogens with one attached hydrogen (secondary N) is 1. The molecule has 0 spiro atoms. The zero-order valence-electron chi connectivity index (χ0n) is 10.2. The van der Waals surface area contributed by atoms with E-state index in [1.165, 1.54) is 0 Å². The summed E-state index contributed by atoms with van der Waals surface area (Å²) in [5.41, 5.74) is 5.77. The van der Waals surface area contributed by atoms with Gasteiger partial charge in [-0.05, 0) is 30.9 Å². The number of rotatable bonds is 4. The van der Waals surface area contributed by atoms with Crippen molar-refractivity contribution in [3.8, 4) is 5.75 Å². The second kappa shape index (κ2) is 4.28. The molecule has 2 rings (SSSR count). The summed E-state index contributed by atoms with van der Waals surface area (Å²) in [7, 11) is 1.62. The fourth-order valence-electron chi connectivity index (χ4n) is 2.47. The Morgan fingerprint density at radius 1 is 1.53 bits per heavy atom. The van der Waals surface area contributed by atoms with Crippen molar-refractivity contribution in [2.75, 3.05) is 12.4 Å². The molecule has 0 bridgehead atoms. The van der Waals surface area contributed by atoms with Crippen molar-refractivity contribution in [2.24, 2.45) is 11.7 Å². The summed E-state index contributed by atoms with van der Waals surface area (Å²) in [5, 5.41) is 3.24.